The number of fused-ring (bicyclic) bond motifs is 1. The van der Waals surface area contributed by atoms with Crippen molar-refractivity contribution in [1.29, 1.82) is 0 Å². The number of para-hydroxylation sites is 1. The van der Waals surface area contributed by atoms with Crippen LogP contribution in [0.2, 0.25) is 0 Å². The Labute approximate surface area is 150 Å². The molecule has 0 spiro atoms. The topological polar surface area (TPSA) is 44.9 Å². The zero-order chi connectivity index (χ0) is 17.3. The van der Waals surface area contributed by atoms with Crippen LogP contribution in [0.1, 0.15) is 35.5 Å². The summed E-state index contributed by atoms with van der Waals surface area (Å²) in [5.74, 6) is -0.0538. The molecule has 0 aliphatic rings. The van der Waals surface area contributed by atoms with E-state index < -0.39 is 0 Å². The fourth-order valence-corrected chi connectivity index (χ4v) is 3.67. The third kappa shape index (κ3) is 3.24. The molecular formula is C20H21BrN2O. The van der Waals surface area contributed by atoms with E-state index in [2.05, 4.69) is 65.2 Å². The van der Waals surface area contributed by atoms with Crippen LogP contribution in [0.5, 0.6) is 0 Å². The first-order valence-corrected chi connectivity index (χ1v) is 8.79. The van der Waals surface area contributed by atoms with Crippen molar-refractivity contribution < 1.29 is 4.79 Å². The number of halogens is 1. The van der Waals surface area contributed by atoms with Crippen LogP contribution in [0.4, 0.5) is 0 Å². The summed E-state index contributed by atoms with van der Waals surface area (Å²) in [4.78, 5) is 15.9. The number of nitrogens with one attached hydrogen (secondary N) is 2. The minimum atomic E-state index is -0.175. The molecule has 2 aromatic carbocycles. The number of aryl methyl sites for hydroxylation is 1. The Morgan fingerprint density at radius 1 is 1.17 bits per heavy atom. The Hall–Kier alpha value is -2.07. The summed E-state index contributed by atoms with van der Waals surface area (Å²) in [5, 5.41) is 4.29. The fourth-order valence-electron chi connectivity index (χ4n) is 3.27. The molecule has 4 heteroatoms. The average Bonchev–Trinajstić information content (AvgIpc) is 2.89. The summed E-state index contributed by atoms with van der Waals surface area (Å²) in [7, 11) is 0. The van der Waals surface area contributed by atoms with Crippen LogP contribution >= 0.6 is 15.9 Å². The molecule has 0 radical (unpaired) electrons. The molecule has 3 aromatic rings. The smallest absolute Gasteiger partial charge is 0.251 e. The second-order valence-corrected chi connectivity index (χ2v) is 7.66. The third-order valence-corrected chi connectivity index (χ3v) is 4.84. The van der Waals surface area contributed by atoms with Gasteiger partial charge in [-0.2, -0.15) is 0 Å². The Morgan fingerprint density at radius 3 is 2.67 bits per heavy atom. The number of hydrogen-bond donors (Lipinski definition) is 2. The number of H-pyrrole nitrogens is 1. The first kappa shape index (κ1) is 16.8. The summed E-state index contributed by atoms with van der Waals surface area (Å²) < 4.78 is 0.905. The number of rotatable bonds is 4. The number of aromatic amines is 1. The number of aromatic nitrogens is 1. The third-order valence-electron chi connectivity index (χ3n) is 4.35. The van der Waals surface area contributed by atoms with Gasteiger partial charge in [-0.25, -0.2) is 0 Å². The van der Waals surface area contributed by atoms with Gasteiger partial charge in [0.1, 0.15) is 0 Å². The number of benzene rings is 2. The number of carbonyl (C=O) groups is 1. The minimum absolute atomic E-state index is 0.0538. The van der Waals surface area contributed by atoms with Crippen molar-refractivity contribution in [2.75, 3.05) is 6.54 Å². The molecule has 24 heavy (non-hydrogen) atoms. The van der Waals surface area contributed by atoms with Crippen LogP contribution in [0.15, 0.2) is 53.0 Å². The van der Waals surface area contributed by atoms with Gasteiger partial charge in [0.2, 0.25) is 0 Å². The van der Waals surface area contributed by atoms with E-state index >= 15 is 0 Å². The van der Waals surface area contributed by atoms with Gasteiger partial charge in [0, 0.05) is 38.6 Å². The van der Waals surface area contributed by atoms with Crippen molar-refractivity contribution in [3.63, 3.8) is 0 Å². The number of carbonyl (C=O) groups excluding carboxylic acids is 1. The van der Waals surface area contributed by atoms with Crippen LogP contribution in [-0.2, 0) is 5.41 Å². The quantitative estimate of drug-likeness (QED) is 0.656. The molecule has 124 valence electrons. The van der Waals surface area contributed by atoms with Gasteiger partial charge in [-0.15, -0.1) is 0 Å². The molecule has 0 aliphatic carbocycles. The van der Waals surface area contributed by atoms with Gasteiger partial charge in [0.25, 0.3) is 5.91 Å². The van der Waals surface area contributed by atoms with E-state index in [1.807, 2.05) is 30.3 Å². The summed E-state index contributed by atoms with van der Waals surface area (Å²) in [6, 6.07) is 15.7. The van der Waals surface area contributed by atoms with E-state index in [4.69, 9.17) is 0 Å². The minimum Gasteiger partial charge on any atom is -0.358 e. The van der Waals surface area contributed by atoms with Crippen LogP contribution in [0, 0.1) is 6.92 Å². The molecule has 0 saturated carbocycles. The lowest BCUT2D eigenvalue weighted by Gasteiger charge is -2.26. The molecular weight excluding hydrogens is 364 g/mol. The van der Waals surface area contributed by atoms with E-state index in [9.17, 15) is 4.79 Å². The predicted octanol–water partition coefficient (Wildman–Crippen LogP) is 4.95. The monoisotopic (exact) mass is 384 g/mol. The van der Waals surface area contributed by atoms with Crippen molar-refractivity contribution in [3.05, 3.63) is 69.8 Å². The molecule has 0 unspecified atom stereocenters. The number of amides is 1. The molecule has 0 bridgehead atoms. The molecule has 0 fully saturated rings. The Bertz CT molecular complexity index is 896. The second-order valence-electron chi connectivity index (χ2n) is 6.75. The molecule has 0 aliphatic heterocycles. The van der Waals surface area contributed by atoms with Gasteiger partial charge in [0.15, 0.2) is 0 Å². The standard InChI is InChI=1S/C20H21BrN2O/c1-13-18(16-9-4-5-10-17(16)23-13)20(2,3)12-22-19(24)14-7-6-8-15(21)11-14/h4-11,23H,12H2,1-3H3,(H,22,24). The van der Waals surface area contributed by atoms with Gasteiger partial charge in [-0.1, -0.05) is 54.0 Å². The van der Waals surface area contributed by atoms with E-state index in [0.29, 0.717) is 12.1 Å². The van der Waals surface area contributed by atoms with Crippen LogP contribution < -0.4 is 5.32 Å². The van der Waals surface area contributed by atoms with Crippen LogP contribution in [0.25, 0.3) is 10.9 Å². The lowest BCUT2D eigenvalue weighted by Crippen LogP contribution is -2.37. The summed E-state index contributed by atoms with van der Waals surface area (Å²) >= 11 is 3.41. The summed E-state index contributed by atoms with van der Waals surface area (Å²) in [5.41, 5.74) is 4.03. The van der Waals surface area contributed by atoms with Gasteiger partial charge in [0.05, 0.1) is 0 Å². The molecule has 2 N–H and O–H groups in total. The Morgan fingerprint density at radius 2 is 1.92 bits per heavy atom. The maximum absolute atomic E-state index is 12.4. The molecule has 0 atom stereocenters. The highest BCUT2D eigenvalue weighted by Crippen LogP contribution is 2.33. The normalized spacial score (nSPS) is 11.7. The lowest BCUT2D eigenvalue weighted by atomic mass is 9.82. The molecule has 1 heterocycles. The Kier molecular flexibility index (Phi) is 4.50. The van der Waals surface area contributed by atoms with Gasteiger partial charge in [-0.3, -0.25) is 4.79 Å². The maximum atomic E-state index is 12.4. The first-order chi connectivity index (χ1) is 11.4. The largest absolute Gasteiger partial charge is 0.358 e. The van der Waals surface area contributed by atoms with E-state index in [1.165, 1.54) is 10.9 Å². The summed E-state index contributed by atoms with van der Waals surface area (Å²) in [6.07, 6.45) is 0. The molecule has 3 rings (SSSR count). The summed E-state index contributed by atoms with van der Waals surface area (Å²) in [6.45, 7) is 6.99. The van der Waals surface area contributed by atoms with Crippen molar-refractivity contribution in [3.8, 4) is 0 Å². The Balaban J connectivity index is 1.83. The van der Waals surface area contributed by atoms with Crippen molar-refractivity contribution >= 4 is 32.7 Å². The highest BCUT2D eigenvalue weighted by molar-refractivity contribution is 9.10. The molecule has 1 amide bonds. The van der Waals surface area contributed by atoms with Gasteiger partial charge in [-0.05, 0) is 36.8 Å². The van der Waals surface area contributed by atoms with Crippen molar-refractivity contribution in [2.45, 2.75) is 26.2 Å². The first-order valence-electron chi connectivity index (χ1n) is 8.00. The zero-order valence-corrected chi connectivity index (χ0v) is 15.7. The fraction of sp³-hybridized carbons (Fsp3) is 0.250. The van der Waals surface area contributed by atoms with E-state index in [0.717, 1.165) is 15.7 Å². The highest BCUT2D eigenvalue weighted by Gasteiger charge is 2.27. The van der Waals surface area contributed by atoms with Gasteiger partial charge < -0.3 is 10.3 Å². The molecule has 1 aromatic heterocycles. The van der Waals surface area contributed by atoms with Crippen molar-refractivity contribution in [2.24, 2.45) is 0 Å². The maximum Gasteiger partial charge on any atom is 0.251 e. The highest BCUT2D eigenvalue weighted by atomic mass is 79.9. The zero-order valence-electron chi connectivity index (χ0n) is 14.1. The molecule has 3 nitrogen and oxygen atoms in total. The van der Waals surface area contributed by atoms with Crippen molar-refractivity contribution in [1.82, 2.24) is 10.3 Å². The molecule has 0 saturated heterocycles. The number of hydrogen-bond acceptors (Lipinski definition) is 1. The van der Waals surface area contributed by atoms with Crippen LogP contribution in [-0.4, -0.2) is 17.4 Å². The second kappa shape index (κ2) is 6.44. The van der Waals surface area contributed by atoms with Gasteiger partial charge >= 0.3 is 0 Å². The van der Waals surface area contributed by atoms with Crippen LogP contribution in [0.3, 0.4) is 0 Å². The SMILES string of the molecule is Cc1[nH]c2ccccc2c1C(C)(C)CNC(=O)c1cccc(Br)c1. The predicted molar refractivity (Wildman–Crippen MR) is 103 cm³/mol. The van der Waals surface area contributed by atoms with E-state index in [1.54, 1.807) is 0 Å². The lowest BCUT2D eigenvalue weighted by molar-refractivity contribution is 0.0945. The van der Waals surface area contributed by atoms with E-state index in [-0.39, 0.29) is 11.3 Å². The average molecular weight is 385 g/mol.